The summed E-state index contributed by atoms with van der Waals surface area (Å²) in [4.78, 5) is 14.7. The largest absolute Gasteiger partial charge is 0.495 e. The third kappa shape index (κ3) is 5.51. The van der Waals surface area contributed by atoms with Crippen molar-refractivity contribution in [3.8, 4) is 17.1 Å². The van der Waals surface area contributed by atoms with Crippen LogP contribution >= 0.6 is 23.4 Å². The summed E-state index contributed by atoms with van der Waals surface area (Å²) in [6, 6.07) is 13.4. The van der Waals surface area contributed by atoms with E-state index in [0.717, 1.165) is 24.5 Å². The van der Waals surface area contributed by atoms with Crippen molar-refractivity contribution >= 4 is 40.6 Å². The van der Waals surface area contributed by atoms with Gasteiger partial charge in [-0.2, -0.15) is 0 Å². The lowest BCUT2D eigenvalue weighted by atomic mass is 10.2. The van der Waals surface area contributed by atoms with E-state index < -0.39 is 0 Å². The summed E-state index contributed by atoms with van der Waals surface area (Å²) in [7, 11) is 3.44. The normalized spacial score (nSPS) is 10.7. The number of hydrogen-bond acceptors (Lipinski definition) is 6. The highest BCUT2D eigenvalue weighted by atomic mass is 35.5. The Morgan fingerprint density at radius 1 is 1.16 bits per heavy atom. The second-order valence-corrected chi connectivity index (χ2v) is 8.14. The molecule has 0 aliphatic heterocycles. The van der Waals surface area contributed by atoms with Gasteiger partial charge in [0.2, 0.25) is 5.91 Å². The summed E-state index contributed by atoms with van der Waals surface area (Å²) < 4.78 is 7.16. The van der Waals surface area contributed by atoms with Gasteiger partial charge in [-0.1, -0.05) is 23.4 Å². The number of aromatic nitrogens is 3. The highest BCUT2D eigenvalue weighted by Gasteiger charge is 2.15. The summed E-state index contributed by atoms with van der Waals surface area (Å²) in [5.41, 5.74) is 2.69. The molecule has 7 nitrogen and oxygen atoms in total. The fourth-order valence-electron chi connectivity index (χ4n) is 3.20. The monoisotopic (exact) mass is 459 g/mol. The lowest BCUT2D eigenvalue weighted by Gasteiger charge is -2.21. The number of amides is 1. The first-order chi connectivity index (χ1) is 15.0. The first-order valence-electron chi connectivity index (χ1n) is 9.97. The fraction of sp³-hybridized carbons (Fsp3) is 0.318. The highest BCUT2D eigenvalue weighted by Crippen LogP contribution is 2.29. The van der Waals surface area contributed by atoms with Crippen molar-refractivity contribution in [2.75, 3.05) is 36.2 Å². The second kappa shape index (κ2) is 10.5. The summed E-state index contributed by atoms with van der Waals surface area (Å²) >= 11 is 7.34. The Kier molecular flexibility index (Phi) is 7.81. The Balaban J connectivity index is 1.66. The predicted molar refractivity (Wildman–Crippen MR) is 127 cm³/mol. The van der Waals surface area contributed by atoms with Crippen molar-refractivity contribution in [1.82, 2.24) is 14.8 Å². The molecule has 3 aromatic rings. The van der Waals surface area contributed by atoms with Crippen LogP contribution in [0.4, 0.5) is 11.4 Å². The van der Waals surface area contributed by atoms with Crippen LogP contribution < -0.4 is 15.0 Å². The lowest BCUT2D eigenvalue weighted by molar-refractivity contribution is -0.113. The molecule has 3 rings (SSSR count). The molecule has 1 heterocycles. The van der Waals surface area contributed by atoms with Crippen LogP contribution in [0, 0.1) is 0 Å². The predicted octanol–water partition coefficient (Wildman–Crippen LogP) is 4.72. The van der Waals surface area contributed by atoms with Gasteiger partial charge in [-0.05, 0) is 56.3 Å². The number of thioether (sulfide) groups is 1. The SMILES string of the molecule is CCN(CC)c1ccc(-c2nnc(SCC(=O)Nc3cc(Cl)ccc3OC)n2C)cc1. The number of carbonyl (C=O) groups is 1. The summed E-state index contributed by atoms with van der Waals surface area (Å²) in [5.74, 6) is 1.31. The summed E-state index contributed by atoms with van der Waals surface area (Å²) in [6.45, 7) is 6.21. The van der Waals surface area contributed by atoms with Gasteiger partial charge in [0.1, 0.15) is 5.75 Å². The molecular weight excluding hydrogens is 434 g/mol. The Labute approximate surface area is 191 Å². The van der Waals surface area contributed by atoms with Gasteiger partial charge >= 0.3 is 0 Å². The van der Waals surface area contributed by atoms with Crippen LogP contribution in [0.15, 0.2) is 47.6 Å². The third-order valence-corrected chi connectivity index (χ3v) is 6.11. The number of carbonyl (C=O) groups excluding carboxylic acids is 1. The van der Waals surface area contributed by atoms with Gasteiger partial charge < -0.3 is 19.5 Å². The van der Waals surface area contributed by atoms with Crippen LogP contribution in [-0.4, -0.2) is 46.6 Å². The molecule has 0 bridgehead atoms. The summed E-state index contributed by atoms with van der Waals surface area (Å²) in [5, 5.41) is 12.6. The molecule has 1 N–H and O–H groups in total. The molecule has 0 aliphatic rings. The van der Waals surface area contributed by atoms with E-state index in [1.807, 2.05) is 23.7 Å². The van der Waals surface area contributed by atoms with Crippen molar-refractivity contribution in [3.05, 3.63) is 47.5 Å². The number of hydrogen-bond donors (Lipinski definition) is 1. The topological polar surface area (TPSA) is 72.3 Å². The van der Waals surface area contributed by atoms with Gasteiger partial charge in [0, 0.05) is 36.4 Å². The Morgan fingerprint density at radius 2 is 1.87 bits per heavy atom. The van der Waals surface area contributed by atoms with Gasteiger partial charge in [0.25, 0.3) is 0 Å². The van der Waals surface area contributed by atoms with Crippen LogP contribution in [-0.2, 0) is 11.8 Å². The Hall–Kier alpha value is -2.71. The van der Waals surface area contributed by atoms with Gasteiger partial charge in [0.05, 0.1) is 18.6 Å². The third-order valence-electron chi connectivity index (χ3n) is 4.86. The van der Waals surface area contributed by atoms with Gasteiger partial charge in [0.15, 0.2) is 11.0 Å². The number of ether oxygens (including phenoxy) is 1. The highest BCUT2D eigenvalue weighted by molar-refractivity contribution is 7.99. The minimum absolute atomic E-state index is 0.182. The van der Waals surface area contributed by atoms with E-state index in [1.165, 1.54) is 17.4 Å². The number of methoxy groups -OCH3 is 1. The van der Waals surface area contributed by atoms with Crippen LogP contribution in [0.25, 0.3) is 11.4 Å². The number of rotatable bonds is 9. The van der Waals surface area contributed by atoms with E-state index in [1.54, 1.807) is 25.3 Å². The van der Waals surface area contributed by atoms with E-state index >= 15 is 0 Å². The molecule has 0 radical (unpaired) electrons. The number of nitrogens with zero attached hydrogens (tertiary/aromatic N) is 4. The summed E-state index contributed by atoms with van der Waals surface area (Å²) in [6.07, 6.45) is 0. The van der Waals surface area contributed by atoms with Crippen molar-refractivity contribution in [2.24, 2.45) is 7.05 Å². The first-order valence-corrected chi connectivity index (χ1v) is 11.3. The molecule has 0 unspecified atom stereocenters. The lowest BCUT2D eigenvalue weighted by Crippen LogP contribution is -2.21. The van der Waals surface area contributed by atoms with Gasteiger partial charge in [-0.3, -0.25) is 4.79 Å². The molecule has 0 fully saturated rings. The molecule has 164 valence electrons. The molecule has 0 aliphatic carbocycles. The van der Waals surface area contributed by atoms with Crippen LogP contribution in [0.1, 0.15) is 13.8 Å². The Morgan fingerprint density at radius 3 is 2.52 bits per heavy atom. The molecule has 2 aromatic carbocycles. The van der Waals surface area contributed by atoms with Gasteiger partial charge in [-0.15, -0.1) is 10.2 Å². The van der Waals surface area contributed by atoms with E-state index in [2.05, 4.69) is 46.4 Å². The molecule has 31 heavy (non-hydrogen) atoms. The van der Waals surface area contributed by atoms with Crippen molar-refractivity contribution in [1.29, 1.82) is 0 Å². The maximum atomic E-state index is 12.4. The maximum absolute atomic E-state index is 12.4. The average Bonchev–Trinajstić information content (AvgIpc) is 3.14. The molecular formula is C22H26ClN5O2S. The number of halogens is 1. The van der Waals surface area contributed by atoms with E-state index in [9.17, 15) is 4.79 Å². The molecule has 9 heteroatoms. The van der Waals surface area contributed by atoms with Crippen molar-refractivity contribution in [2.45, 2.75) is 19.0 Å². The van der Waals surface area contributed by atoms with E-state index in [4.69, 9.17) is 16.3 Å². The van der Waals surface area contributed by atoms with Crippen LogP contribution in [0.5, 0.6) is 5.75 Å². The number of anilines is 2. The second-order valence-electron chi connectivity index (χ2n) is 6.77. The minimum Gasteiger partial charge on any atom is -0.495 e. The van der Waals surface area contributed by atoms with E-state index in [-0.39, 0.29) is 11.7 Å². The zero-order valence-electron chi connectivity index (χ0n) is 18.1. The molecule has 0 saturated heterocycles. The zero-order chi connectivity index (χ0) is 22.4. The quantitative estimate of drug-likeness (QED) is 0.467. The molecule has 0 saturated carbocycles. The Bertz CT molecular complexity index is 1030. The smallest absolute Gasteiger partial charge is 0.234 e. The number of nitrogens with one attached hydrogen (secondary N) is 1. The molecule has 1 aromatic heterocycles. The molecule has 0 spiro atoms. The van der Waals surface area contributed by atoms with E-state index in [0.29, 0.717) is 21.6 Å². The first kappa shape index (κ1) is 23.0. The van der Waals surface area contributed by atoms with Crippen LogP contribution in [0.3, 0.4) is 0 Å². The fourth-order valence-corrected chi connectivity index (χ4v) is 4.08. The van der Waals surface area contributed by atoms with Crippen LogP contribution in [0.2, 0.25) is 5.02 Å². The van der Waals surface area contributed by atoms with Gasteiger partial charge in [-0.25, -0.2) is 0 Å². The van der Waals surface area contributed by atoms with Crippen molar-refractivity contribution < 1.29 is 9.53 Å². The molecule has 0 atom stereocenters. The minimum atomic E-state index is -0.182. The zero-order valence-corrected chi connectivity index (χ0v) is 19.6. The molecule has 1 amide bonds. The standard InChI is InChI=1S/C22H26ClN5O2S/c1-5-28(6-2)17-10-7-15(8-11-17)21-25-26-22(27(21)3)31-14-20(29)24-18-13-16(23)9-12-19(18)30-4/h7-13H,5-6,14H2,1-4H3,(H,24,29). The maximum Gasteiger partial charge on any atom is 0.234 e. The van der Waals surface area contributed by atoms with Crippen molar-refractivity contribution in [3.63, 3.8) is 0 Å². The number of benzene rings is 2. The average molecular weight is 460 g/mol.